The fourth-order valence-corrected chi connectivity index (χ4v) is 6.71. The van der Waals surface area contributed by atoms with Crippen LogP contribution < -0.4 is 19.8 Å². The van der Waals surface area contributed by atoms with Gasteiger partial charge in [0.2, 0.25) is 0 Å². The summed E-state index contributed by atoms with van der Waals surface area (Å²) in [5.41, 5.74) is 5.91. The number of benzene rings is 3. The zero-order chi connectivity index (χ0) is 31.0. The maximum Gasteiger partial charge on any atom is 0.338 e. The van der Waals surface area contributed by atoms with Crippen LogP contribution in [0.4, 0.5) is 5.69 Å². The molecule has 1 aliphatic heterocycles. The van der Waals surface area contributed by atoms with Gasteiger partial charge in [-0.15, -0.1) is 0 Å². The molecule has 2 aromatic heterocycles. The lowest BCUT2D eigenvalue weighted by Gasteiger charge is -2.25. The summed E-state index contributed by atoms with van der Waals surface area (Å²) in [6, 6.07) is 25.0. The predicted molar refractivity (Wildman–Crippen MR) is 173 cm³/mol. The maximum atomic E-state index is 14.2. The van der Waals surface area contributed by atoms with E-state index in [-0.39, 0.29) is 12.2 Å². The summed E-state index contributed by atoms with van der Waals surface area (Å²) in [5, 5.41) is 10.6. The Hall–Kier alpha value is -5.20. The fraction of sp³-hybridized carbons (Fsp3) is 0.200. The van der Waals surface area contributed by atoms with Gasteiger partial charge in [0, 0.05) is 49.0 Å². The van der Waals surface area contributed by atoms with Gasteiger partial charge in [0.15, 0.2) is 4.80 Å². The third kappa shape index (κ3) is 5.14. The molecule has 0 bridgehead atoms. The van der Waals surface area contributed by atoms with Crippen LogP contribution in [0.25, 0.3) is 17.0 Å². The zero-order valence-electron chi connectivity index (χ0n) is 24.9. The van der Waals surface area contributed by atoms with E-state index in [0.717, 1.165) is 33.3 Å². The van der Waals surface area contributed by atoms with Crippen molar-refractivity contribution in [3.05, 3.63) is 132 Å². The average Bonchev–Trinajstić information content (AvgIpc) is 3.52. The van der Waals surface area contributed by atoms with E-state index in [1.54, 1.807) is 18.4 Å². The molecule has 1 aliphatic rings. The molecule has 0 aliphatic carbocycles. The number of allylic oxidation sites excluding steroid dienone is 1. The number of nitriles is 1. The summed E-state index contributed by atoms with van der Waals surface area (Å²) >= 11 is 1.30. The highest BCUT2D eigenvalue weighted by Crippen LogP contribution is 2.32. The van der Waals surface area contributed by atoms with E-state index in [1.165, 1.54) is 11.3 Å². The Kier molecular flexibility index (Phi) is 7.77. The van der Waals surface area contributed by atoms with Crippen molar-refractivity contribution in [3.8, 4) is 6.07 Å². The van der Waals surface area contributed by atoms with Gasteiger partial charge in [0.1, 0.15) is 0 Å². The van der Waals surface area contributed by atoms with Crippen LogP contribution in [-0.4, -0.2) is 35.8 Å². The molecule has 0 amide bonds. The topological polar surface area (TPSA) is 92.6 Å². The van der Waals surface area contributed by atoms with E-state index >= 15 is 0 Å². The molecule has 0 fully saturated rings. The minimum absolute atomic E-state index is 0.217. The minimum Gasteiger partial charge on any atom is -0.463 e. The Bertz CT molecular complexity index is 2160. The molecule has 3 heterocycles. The summed E-state index contributed by atoms with van der Waals surface area (Å²) in [6.45, 7) is 4.29. The Morgan fingerprint density at radius 1 is 1.09 bits per heavy atom. The van der Waals surface area contributed by atoms with Gasteiger partial charge in [-0.05, 0) is 55.3 Å². The van der Waals surface area contributed by atoms with Gasteiger partial charge < -0.3 is 14.2 Å². The van der Waals surface area contributed by atoms with Crippen molar-refractivity contribution in [1.82, 2.24) is 9.13 Å². The highest BCUT2D eigenvalue weighted by atomic mass is 32.1. The van der Waals surface area contributed by atoms with Gasteiger partial charge in [-0.2, -0.15) is 5.26 Å². The molecule has 0 saturated heterocycles. The number of esters is 1. The Labute approximate surface area is 258 Å². The largest absolute Gasteiger partial charge is 0.463 e. The third-order valence-corrected chi connectivity index (χ3v) is 8.81. The number of rotatable bonds is 7. The Balaban J connectivity index is 1.51. The molecule has 3 aromatic carbocycles. The molecule has 0 radical (unpaired) electrons. The lowest BCUT2D eigenvalue weighted by atomic mass is 9.95. The van der Waals surface area contributed by atoms with Crippen molar-refractivity contribution in [2.45, 2.75) is 26.4 Å². The number of carbonyl (C=O) groups is 1. The molecule has 6 rings (SSSR count). The standard InChI is InChI=1S/C35H31N5O3S/c1-5-43-34(42)31-22(2)37-35-40(32(31)23-14-16-27(17-15-23)38(3)4)33(41)30(44-35)18-26-21-39(29-13-9-8-12-28(26)29)20-25-11-7-6-10-24(25)19-36/h6-18,21,32H,5,20H2,1-4H3/b30-18-/t32-/m0/s1. The fourth-order valence-electron chi connectivity index (χ4n) is 5.67. The van der Waals surface area contributed by atoms with Gasteiger partial charge in [0.25, 0.3) is 5.56 Å². The molecule has 0 saturated carbocycles. The Morgan fingerprint density at radius 3 is 2.55 bits per heavy atom. The lowest BCUT2D eigenvalue weighted by molar-refractivity contribution is -0.139. The molecular weight excluding hydrogens is 570 g/mol. The minimum atomic E-state index is -0.674. The number of thiazole rings is 1. The van der Waals surface area contributed by atoms with E-state index in [9.17, 15) is 14.9 Å². The van der Waals surface area contributed by atoms with Crippen LogP contribution in [0.2, 0.25) is 0 Å². The van der Waals surface area contributed by atoms with Crippen molar-refractivity contribution in [3.63, 3.8) is 0 Å². The van der Waals surface area contributed by atoms with Crippen molar-refractivity contribution in [2.75, 3.05) is 25.6 Å². The second-order valence-electron chi connectivity index (χ2n) is 10.8. The lowest BCUT2D eigenvalue weighted by Crippen LogP contribution is -2.39. The van der Waals surface area contributed by atoms with Crippen molar-refractivity contribution >= 4 is 40.0 Å². The maximum absolute atomic E-state index is 14.2. The summed E-state index contributed by atoms with van der Waals surface area (Å²) in [5.74, 6) is -0.481. The molecule has 1 atom stereocenters. The first kappa shape index (κ1) is 28.9. The number of aromatic nitrogens is 2. The number of nitrogens with zero attached hydrogens (tertiary/aromatic N) is 5. The monoisotopic (exact) mass is 601 g/mol. The van der Waals surface area contributed by atoms with Crippen LogP contribution in [0.1, 0.15) is 42.1 Å². The van der Waals surface area contributed by atoms with E-state index < -0.39 is 12.0 Å². The number of carbonyl (C=O) groups excluding carboxylic acids is 1. The highest BCUT2D eigenvalue weighted by Gasteiger charge is 2.33. The normalized spacial score (nSPS) is 14.7. The van der Waals surface area contributed by atoms with Crippen LogP contribution in [0, 0.1) is 11.3 Å². The second-order valence-corrected chi connectivity index (χ2v) is 11.8. The van der Waals surface area contributed by atoms with Gasteiger partial charge >= 0.3 is 5.97 Å². The van der Waals surface area contributed by atoms with E-state index in [0.29, 0.717) is 32.7 Å². The molecule has 0 unspecified atom stereocenters. The first-order chi connectivity index (χ1) is 21.3. The van der Waals surface area contributed by atoms with Gasteiger partial charge in [-0.3, -0.25) is 9.36 Å². The van der Waals surface area contributed by atoms with Crippen molar-refractivity contribution < 1.29 is 9.53 Å². The van der Waals surface area contributed by atoms with E-state index in [2.05, 4.69) is 10.6 Å². The summed E-state index contributed by atoms with van der Waals surface area (Å²) < 4.78 is 9.66. The van der Waals surface area contributed by atoms with E-state index in [1.807, 2.05) is 104 Å². The quantitative estimate of drug-likeness (QED) is 0.252. The van der Waals surface area contributed by atoms with Crippen molar-refractivity contribution in [1.29, 1.82) is 5.26 Å². The van der Waals surface area contributed by atoms with Gasteiger partial charge in [-0.25, -0.2) is 9.79 Å². The summed E-state index contributed by atoms with van der Waals surface area (Å²) in [7, 11) is 3.93. The molecule has 0 spiro atoms. The SMILES string of the molecule is CCOC(=O)C1=C(C)N=c2s/c(=C\c3cn(Cc4ccccc4C#N)c4ccccc34)c(=O)n2[C@H]1c1ccc(N(C)C)cc1. The summed E-state index contributed by atoms with van der Waals surface area (Å²) in [6.07, 6.45) is 3.91. The summed E-state index contributed by atoms with van der Waals surface area (Å²) in [4.78, 5) is 34.7. The Morgan fingerprint density at radius 2 is 1.82 bits per heavy atom. The number of hydrogen-bond donors (Lipinski definition) is 0. The zero-order valence-corrected chi connectivity index (χ0v) is 25.8. The number of para-hydroxylation sites is 1. The first-order valence-electron chi connectivity index (χ1n) is 14.3. The number of hydrogen-bond acceptors (Lipinski definition) is 7. The van der Waals surface area contributed by atoms with Crippen LogP contribution >= 0.6 is 11.3 Å². The smallest absolute Gasteiger partial charge is 0.338 e. The molecule has 9 heteroatoms. The first-order valence-corrected chi connectivity index (χ1v) is 15.1. The van der Waals surface area contributed by atoms with Gasteiger partial charge in [0.05, 0.1) is 40.1 Å². The van der Waals surface area contributed by atoms with E-state index in [4.69, 9.17) is 9.73 Å². The number of fused-ring (bicyclic) bond motifs is 2. The molecule has 220 valence electrons. The highest BCUT2D eigenvalue weighted by molar-refractivity contribution is 7.07. The number of ether oxygens (including phenoxy) is 1. The van der Waals surface area contributed by atoms with Crippen LogP contribution in [0.5, 0.6) is 0 Å². The second kappa shape index (κ2) is 11.8. The average molecular weight is 602 g/mol. The molecular formula is C35H31N5O3S. The molecule has 0 N–H and O–H groups in total. The van der Waals surface area contributed by atoms with Crippen LogP contribution in [0.3, 0.4) is 0 Å². The molecule has 44 heavy (non-hydrogen) atoms. The van der Waals surface area contributed by atoms with Crippen molar-refractivity contribution in [2.24, 2.45) is 4.99 Å². The van der Waals surface area contributed by atoms with Crippen LogP contribution in [-0.2, 0) is 16.1 Å². The van der Waals surface area contributed by atoms with Gasteiger partial charge in [-0.1, -0.05) is 59.9 Å². The van der Waals surface area contributed by atoms with Crippen LogP contribution in [0.15, 0.2) is 100 Å². The molecule has 5 aromatic rings. The number of anilines is 1. The predicted octanol–water partition coefficient (Wildman–Crippen LogP) is 4.74. The molecule has 8 nitrogen and oxygen atoms in total. The third-order valence-electron chi connectivity index (χ3n) is 7.83.